The molecule has 19 heavy (non-hydrogen) atoms. The van der Waals surface area contributed by atoms with Gasteiger partial charge in [-0.25, -0.2) is 0 Å². The van der Waals surface area contributed by atoms with Crippen LogP contribution in [0.25, 0.3) is 0 Å². The molecule has 4 nitrogen and oxygen atoms in total. The van der Waals surface area contributed by atoms with Gasteiger partial charge in [0.2, 0.25) is 0 Å². The zero-order valence-electron chi connectivity index (χ0n) is 12.7. The van der Waals surface area contributed by atoms with Crippen molar-refractivity contribution in [1.82, 2.24) is 10.3 Å². The van der Waals surface area contributed by atoms with Gasteiger partial charge in [-0.2, -0.15) is 0 Å². The van der Waals surface area contributed by atoms with E-state index in [1.165, 1.54) is 0 Å². The first kappa shape index (κ1) is 15.9. The average Bonchev–Trinajstić information content (AvgIpc) is 2.34. The average molecular weight is 266 g/mol. The molecule has 0 fully saturated rings. The lowest BCUT2D eigenvalue weighted by Gasteiger charge is -2.19. The van der Waals surface area contributed by atoms with Crippen LogP contribution in [0.1, 0.15) is 46.4 Å². The van der Waals surface area contributed by atoms with Crippen LogP contribution in [0.3, 0.4) is 0 Å². The second-order valence-corrected chi connectivity index (χ2v) is 5.51. The lowest BCUT2D eigenvalue weighted by molar-refractivity contribution is -0.0163. The summed E-state index contributed by atoms with van der Waals surface area (Å²) in [7, 11) is 0. The Morgan fingerprint density at radius 1 is 1.26 bits per heavy atom. The van der Waals surface area contributed by atoms with Gasteiger partial charge in [-0.3, -0.25) is 4.98 Å². The standard InChI is InChI=1S/C15H26N2O2/c1-6-16-12(2)14-8-7-13(11-17-14)18-9-10-19-15(3,4)5/h7-8,11-12,16H,6,9-10H2,1-5H3. The van der Waals surface area contributed by atoms with Crippen LogP contribution in [0.2, 0.25) is 0 Å². The van der Waals surface area contributed by atoms with E-state index < -0.39 is 0 Å². The van der Waals surface area contributed by atoms with Crippen LogP contribution in [0.5, 0.6) is 5.75 Å². The van der Waals surface area contributed by atoms with E-state index in [-0.39, 0.29) is 11.6 Å². The molecular formula is C15H26N2O2. The van der Waals surface area contributed by atoms with Crippen LogP contribution in [-0.4, -0.2) is 30.3 Å². The minimum absolute atomic E-state index is 0.118. The normalized spacial score (nSPS) is 13.3. The van der Waals surface area contributed by atoms with Crippen molar-refractivity contribution in [3.63, 3.8) is 0 Å². The minimum Gasteiger partial charge on any atom is -0.490 e. The zero-order chi connectivity index (χ0) is 14.3. The number of nitrogens with one attached hydrogen (secondary N) is 1. The lowest BCUT2D eigenvalue weighted by Crippen LogP contribution is -2.22. The second kappa shape index (κ2) is 7.46. The number of pyridine rings is 1. The Balaban J connectivity index is 2.36. The molecule has 1 atom stereocenters. The fourth-order valence-electron chi connectivity index (χ4n) is 1.65. The fourth-order valence-corrected chi connectivity index (χ4v) is 1.65. The van der Waals surface area contributed by atoms with Crippen LogP contribution < -0.4 is 10.1 Å². The van der Waals surface area contributed by atoms with Crippen molar-refractivity contribution in [1.29, 1.82) is 0 Å². The Morgan fingerprint density at radius 3 is 2.53 bits per heavy atom. The molecule has 0 saturated carbocycles. The summed E-state index contributed by atoms with van der Waals surface area (Å²) in [6.45, 7) is 12.3. The Bertz CT molecular complexity index is 357. The van der Waals surface area contributed by atoms with E-state index >= 15 is 0 Å². The Kier molecular flexibility index (Phi) is 6.25. The summed E-state index contributed by atoms with van der Waals surface area (Å²) in [4.78, 5) is 4.40. The maximum atomic E-state index is 5.59. The number of aromatic nitrogens is 1. The Morgan fingerprint density at radius 2 is 2.00 bits per heavy atom. The molecule has 0 aliphatic heterocycles. The van der Waals surface area contributed by atoms with Crippen LogP contribution in [0, 0.1) is 0 Å². The quantitative estimate of drug-likeness (QED) is 0.771. The second-order valence-electron chi connectivity index (χ2n) is 5.51. The number of hydrogen-bond acceptors (Lipinski definition) is 4. The summed E-state index contributed by atoms with van der Waals surface area (Å²) in [6.07, 6.45) is 1.76. The summed E-state index contributed by atoms with van der Waals surface area (Å²) in [6, 6.07) is 4.21. The Labute approximate surface area is 116 Å². The number of rotatable bonds is 7. The van der Waals surface area contributed by atoms with E-state index in [1.807, 2.05) is 32.9 Å². The summed E-state index contributed by atoms with van der Waals surface area (Å²) in [5.41, 5.74) is 0.910. The van der Waals surface area contributed by atoms with E-state index in [1.54, 1.807) is 6.20 Å². The highest BCUT2D eigenvalue weighted by atomic mass is 16.5. The molecule has 0 saturated heterocycles. The van der Waals surface area contributed by atoms with Crippen molar-refractivity contribution >= 4 is 0 Å². The molecule has 0 bridgehead atoms. The summed E-state index contributed by atoms with van der Waals surface area (Å²) < 4.78 is 11.2. The first-order valence-corrected chi connectivity index (χ1v) is 6.88. The smallest absolute Gasteiger partial charge is 0.137 e. The van der Waals surface area contributed by atoms with Crippen molar-refractivity contribution in [2.24, 2.45) is 0 Å². The van der Waals surface area contributed by atoms with Crippen LogP contribution in [0.15, 0.2) is 18.3 Å². The monoisotopic (exact) mass is 266 g/mol. The molecule has 1 aromatic rings. The van der Waals surface area contributed by atoms with Gasteiger partial charge >= 0.3 is 0 Å². The number of hydrogen-bond donors (Lipinski definition) is 1. The van der Waals surface area contributed by atoms with E-state index in [2.05, 4.69) is 24.1 Å². The van der Waals surface area contributed by atoms with Gasteiger partial charge in [-0.1, -0.05) is 6.92 Å². The molecule has 0 aliphatic carbocycles. The molecule has 1 unspecified atom stereocenters. The molecule has 1 N–H and O–H groups in total. The van der Waals surface area contributed by atoms with E-state index in [4.69, 9.17) is 9.47 Å². The molecule has 0 aromatic carbocycles. The molecule has 4 heteroatoms. The van der Waals surface area contributed by atoms with Crippen molar-refractivity contribution in [3.05, 3.63) is 24.0 Å². The highest BCUT2D eigenvalue weighted by Crippen LogP contribution is 2.14. The predicted molar refractivity (Wildman–Crippen MR) is 77.5 cm³/mol. The number of ether oxygens (including phenoxy) is 2. The molecule has 0 aliphatic rings. The maximum Gasteiger partial charge on any atom is 0.137 e. The molecule has 108 valence electrons. The van der Waals surface area contributed by atoms with Gasteiger partial charge in [0.1, 0.15) is 12.4 Å². The summed E-state index contributed by atoms with van der Waals surface area (Å²) >= 11 is 0. The molecule has 0 radical (unpaired) electrons. The predicted octanol–water partition coefficient (Wildman–Crippen LogP) is 2.95. The number of nitrogens with zero attached hydrogens (tertiary/aromatic N) is 1. The highest BCUT2D eigenvalue weighted by Gasteiger charge is 2.09. The van der Waals surface area contributed by atoms with Gasteiger partial charge in [0.05, 0.1) is 24.1 Å². The van der Waals surface area contributed by atoms with E-state index in [0.717, 1.165) is 18.0 Å². The van der Waals surface area contributed by atoms with Crippen molar-refractivity contribution in [2.45, 2.75) is 46.3 Å². The SMILES string of the molecule is CCNC(C)c1ccc(OCCOC(C)(C)C)cn1. The van der Waals surface area contributed by atoms with Gasteiger partial charge in [-0.05, 0) is 46.4 Å². The first-order chi connectivity index (χ1) is 8.92. The topological polar surface area (TPSA) is 43.4 Å². The minimum atomic E-state index is -0.118. The van der Waals surface area contributed by atoms with Crippen molar-refractivity contribution < 1.29 is 9.47 Å². The first-order valence-electron chi connectivity index (χ1n) is 6.88. The zero-order valence-corrected chi connectivity index (χ0v) is 12.7. The van der Waals surface area contributed by atoms with Gasteiger partial charge in [-0.15, -0.1) is 0 Å². The third-order valence-electron chi connectivity index (χ3n) is 2.60. The molecule has 0 spiro atoms. The van der Waals surface area contributed by atoms with Crippen LogP contribution in [-0.2, 0) is 4.74 Å². The van der Waals surface area contributed by atoms with Gasteiger partial charge in [0.25, 0.3) is 0 Å². The van der Waals surface area contributed by atoms with Crippen molar-refractivity contribution in [3.8, 4) is 5.75 Å². The van der Waals surface area contributed by atoms with Crippen LogP contribution in [0.4, 0.5) is 0 Å². The largest absolute Gasteiger partial charge is 0.490 e. The summed E-state index contributed by atoms with van der Waals surface area (Å²) in [5.74, 6) is 0.782. The molecular weight excluding hydrogens is 240 g/mol. The molecule has 1 aromatic heterocycles. The third-order valence-corrected chi connectivity index (χ3v) is 2.60. The van der Waals surface area contributed by atoms with Gasteiger partial charge < -0.3 is 14.8 Å². The van der Waals surface area contributed by atoms with Crippen molar-refractivity contribution in [2.75, 3.05) is 19.8 Å². The van der Waals surface area contributed by atoms with E-state index in [0.29, 0.717) is 13.2 Å². The lowest BCUT2D eigenvalue weighted by atomic mass is 10.2. The van der Waals surface area contributed by atoms with Gasteiger partial charge in [0.15, 0.2) is 0 Å². The highest BCUT2D eigenvalue weighted by molar-refractivity contribution is 5.21. The Hall–Kier alpha value is -1.13. The summed E-state index contributed by atoms with van der Waals surface area (Å²) in [5, 5.41) is 3.33. The molecule has 1 rings (SSSR count). The maximum absolute atomic E-state index is 5.59. The van der Waals surface area contributed by atoms with Gasteiger partial charge in [0, 0.05) is 6.04 Å². The van der Waals surface area contributed by atoms with Crippen LogP contribution >= 0.6 is 0 Å². The third kappa shape index (κ3) is 6.55. The van der Waals surface area contributed by atoms with E-state index in [9.17, 15) is 0 Å². The fraction of sp³-hybridized carbons (Fsp3) is 0.667. The molecule has 1 heterocycles. The molecule has 0 amide bonds.